The minimum Gasteiger partial charge on any atom is -0.313 e. The van der Waals surface area contributed by atoms with Crippen molar-refractivity contribution in [3.63, 3.8) is 0 Å². The SMILES string of the molecule is CNC(c1ccc(Cl)cc1F)C1CCCC1. The standard InChI is InChI=1S/C13H17ClFN/c1-16-13(9-4-2-3-5-9)11-7-6-10(14)8-12(11)15/h6-9,13,16H,2-5H2,1H3. The van der Waals surface area contributed by atoms with Crippen molar-refractivity contribution in [1.29, 1.82) is 0 Å². The maximum Gasteiger partial charge on any atom is 0.129 e. The molecule has 0 bridgehead atoms. The highest BCUT2D eigenvalue weighted by Gasteiger charge is 2.26. The Morgan fingerprint density at radius 3 is 2.62 bits per heavy atom. The second-order valence-electron chi connectivity index (χ2n) is 4.48. The molecule has 1 aromatic rings. The van der Waals surface area contributed by atoms with Gasteiger partial charge in [0.05, 0.1) is 0 Å². The van der Waals surface area contributed by atoms with E-state index < -0.39 is 0 Å². The Bertz CT molecular complexity index is 361. The second-order valence-corrected chi connectivity index (χ2v) is 4.91. The lowest BCUT2D eigenvalue weighted by molar-refractivity contribution is 0.378. The summed E-state index contributed by atoms with van der Waals surface area (Å²) in [6, 6.07) is 5.09. The van der Waals surface area contributed by atoms with Gasteiger partial charge < -0.3 is 5.32 Å². The first-order valence-corrected chi connectivity index (χ1v) is 6.22. The Morgan fingerprint density at radius 2 is 2.06 bits per heavy atom. The summed E-state index contributed by atoms with van der Waals surface area (Å²) in [6.45, 7) is 0. The molecule has 1 aliphatic carbocycles. The van der Waals surface area contributed by atoms with Crippen molar-refractivity contribution in [3.05, 3.63) is 34.6 Å². The van der Waals surface area contributed by atoms with E-state index >= 15 is 0 Å². The van der Waals surface area contributed by atoms with Gasteiger partial charge in [0.15, 0.2) is 0 Å². The lowest BCUT2D eigenvalue weighted by Gasteiger charge is -2.23. The molecule has 1 aliphatic rings. The van der Waals surface area contributed by atoms with Crippen LogP contribution in [0.25, 0.3) is 0 Å². The zero-order valence-electron chi connectivity index (χ0n) is 9.47. The minimum absolute atomic E-state index is 0.125. The van der Waals surface area contributed by atoms with Gasteiger partial charge in [0.1, 0.15) is 5.82 Å². The van der Waals surface area contributed by atoms with Crippen molar-refractivity contribution in [2.45, 2.75) is 31.7 Å². The Kier molecular flexibility index (Phi) is 3.82. The van der Waals surface area contributed by atoms with E-state index in [-0.39, 0.29) is 11.9 Å². The van der Waals surface area contributed by atoms with Gasteiger partial charge in [0, 0.05) is 16.6 Å². The Morgan fingerprint density at radius 1 is 1.38 bits per heavy atom. The number of nitrogens with one attached hydrogen (secondary N) is 1. The van der Waals surface area contributed by atoms with E-state index in [4.69, 9.17) is 11.6 Å². The molecule has 0 heterocycles. The fourth-order valence-electron chi connectivity index (χ4n) is 2.69. The number of benzene rings is 1. The molecule has 1 atom stereocenters. The molecule has 16 heavy (non-hydrogen) atoms. The summed E-state index contributed by atoms with van der Waals surface area (Å²) in [6.07, 6.45) is 4.90. The van der Waals surface area contributed by atoms with E-state index in [0.29, 0.717) is 10.9 Å². The van der Waals surface area contributed by atoms with Gasteiger partial charge in [-0.3, -0.25) is 0 Å². The quantitative estimate of drug-likeness (QED) is 0.846. The van der Waals surface area contributed by atoms with Crippen molar-refractivity contribution in [2.24, 2.45) is 5.92 Å². The summed E-state index contributed by atoms with van der Waals surface area (Å²) >= 11 is 5.76. The Hall–Kier alpha value is -0.600. The molecule has 0 radical (unpaired) electrons. The topological polar surface area (TPSA) is 12.0 Å². The minimum atomic E-state index is -0.196. The predicted octanol–water partition coefficient (Wildman–Crippen LogP) is 3.93. The summed E-state index contributed by atoms with van der Waals surface area (Å²) in [5.74, 6) is 0.361. The molecule has 1 aromatic carbocycles. The van der Waals surface area contributed by atoms with Crippen LogP contribution in [0.15, 0.2) is 18.2 Å². The molecule has 0 aromatic heterocycles. The molecular formula is C13H17ClFN. The van der Waals surface area contributed by atoms with Gasteiger partial charge >= 0.3 is 0 Å². The number of rotatable bonds is 3. The Labute approximate surface area is 101 Å². The first-order valence-electron chi connectivity index (χ1n) is 5.84. The van der Waals surface area contributed by atoms with Crippen molar-refractivity contribution in [3.8, 4) is 0 Å². The van der Waals surface area contributed by atoms with E-state index in [1.807, 2.05) is 7.05 Å². The zero-order valence-corrected chi connectivity index (χ0v) is 10.2. The first kappa shape index (κ1) is 11.9. The molecule has 1 unspecified atom stereocenters. The summed E-state index contributed by atoms with van der Waals surface area (Å²) in [4.78, 5) is 0. The van der Waals surface area contributed by atoms with Crippen LogP contribution >= 0.6 is 11.6 Å². The average Bonchev–Trinajstić information content (AvgIpc) is 2.75. The molecule has 1 saturated carbocycles. The molecule has 0 amide bonds. The molecule has 3 heteroatoms. The smallest absolute Gasteiger partial charge is 0.129 e. The van der Waals surface area contributed by atoms with Crippen molar-refractivity contribution in [1.82, 2.24) is 5.32 Å². The molecule has 1 N–H and O–H groups in total. The van der Waals surface area contributed by atoms with Gasteiger partial charge in [-0.05, 0) is 37.9 Å². The maximum atomic E-state index is 13.8. The van der Waals surface area contributed by atoms with Crippen LogP contribution in [0, 0.1) is 11.7 Å². The van der Waals surface area contributed by atoms with E-state index in [1.54, 1.807) is 12.1 Å². The van der Waals surface area contributed by atoms with Gasteiger partial charge in [-0.2, -0.15) is 0 Å². The van der Waals surface area contributed by atoms with Gasteiger partial charge in [0.2, 0.25) is 0 Å². The van der Waals surface area contributed by atoms with Crippen molar-refractivity contribution in [2.75, 3.05) is 7.05 Å². The molecule has 0 saturated heterocycles. The number of hydrogen-bond acceptors (Lipinski definition) is 1. The van der Waals surface area contributed by atoms with Gasteiger partial charge in [-0.1, -0.05) is 30.5 Å². The van der Waals surface area contributed by atoms with Crippen LogP contribution in [-0.4, -0.2) is 7.05 Å². The first-order chi connectivity index (χ1) is 7.72. The largest absolute Gasteiger partial charge is 0.313 e. The molecule has 1 nitrogen and oxygen atoms in total. The zero-order chi connectivity index (χ0) is 11.5. The third-order valence-corrected chi connectivity index (χ3v) is 3.71. The summed E-state index contributed by atoms with van der Waals surface area (Å²) < 4.78 is 13.8. The van der Waals surface area contributed by atoms with Gasteiger partial charge in [-0.15, -0.1) is 0 Å². The van der Waals surface area contributed by atoms with E-state index in [9.17, 15) is 4.39 Å². The fourth-order valence-corrected chi connectivity index (χ4v) is 2.85. The second kappa shape index (κ2) is 5.15. The van der Waals surface area contributed by atoms with Crippen molar-refractivity contribution >= 4 is 11.6 Å². The Balaban J connectivity index is 2.25. The van der Waals surface area contributed by atoms with E-state index in [0.717, 1.165) is 5.56 Å². The van der Waals surface area contributed by atoms with Crippen LogP contribution in [0.4, 0.5) is 4.39 Å². The number of halogens is 2. The van der Waals surface area contributed by atoms with Crippen LogP contribution in [0.5, 0.6) is 0 Å². The third-order valence-electron chi connectivity index (χ3n) is 3.48. The molecule has 0 spiro atoms. The lowest BCUT2D eigenvalue weighted by Crippen LogP contribution is -2.24. The van der Waals surface area contributed by atoms with Gasteiger partial charge in [0.25, 0.3) is 0 Å². The highest BCUT2D eigenvalue weighted by molar-refractivity contribution is 6.30. The average molecular weight is 242 g/mol. The van der Waals surface area contributed by atoms with Crippen LogP contribution in [-0.2, 0) is 0 Å². The predicted molar refractivity (Wildman–Crippen MR) is 65.2 cm³/mol. The lowest BCUT2D eigenvalue weighted by atomic mass is 9.91. The van der Waals surface area contributed by atoms with E-state index in [1.165, 1.54) is 31.7 Å². The summed E-state index contributed by atoms with van der Waals surface area (Å²) in [5, 5.41) is 3.70. The highest BCUT2D eigenvalue weighted by atomic mass is 35.5. The monoisotopic (exact) mass is 241 g/mol. The number of hydrogen-bond donors (Lipinski definition) is 1. The van der Waals surface area contributed by atoms with Crippen molar-refractivity contribution < 1.29 is 4.39 Å². The third kappa shape index (κ3) is 2.38. The molecule has 0 aliphatic heterocycles. The molecule has 88 valence electrons. The maximum absolute atomic E-state index is 13.8. The normalized spacial score (nSPS) is 18.9. The van der Waals surface area contributed by atoms with Crippen LogP contribution in [0.3, 0.4) is 0 Å². The summed E-state index contributed by atoms with van der Waals surface area (Å²) in [7, 11) is 1.90. The summed E-state index contributed by atoms with van der Waals surface area (Å²) in [5.41, 5.74) is 0.749. The van der Waals surface area contributed by atoms with E-state index in [2.05, 4.69) is 5.32 Å². The molecular weight excluding hydrogens is 225 g/mol. The fraction of sp³-hybridized carbons (Fsp3) is 0.538. The van der Waals surface area contributed by atoms with Crippen LogP contribution < -0.4 is 5.32 Å². The highest BCUT2D eigenvalue weighted by Crippen LogP contribution is 2.36. The van der Waals surface area contributed by atoms with Crippen LogP contribution in [0.1, 0.15) is 37.3 Å². The van der Waals surface area contributed by atoms with Gasteiger partial charge in [-0.25, -0.2) is 4.39 Å². The molecule has 2 rings (SSSR count). The van der Waals surface area contributed by atoms with Crippen LogP contribution in [0.2, 0.25) is 5.02 Å². The molecule has 1 fully saturated rings.